The van der Waals surface area contributed by atoms with Crippen LogP contribution in [0, 0.1) is 0 Å². The third-order valence-electron chi connectivity index (χ3n) is 4.50. The number of rotatable bonds is 7. The predicted molar refractivity (Wildman–Crippen MR) is 102 cm³/mol. The minimum atomic E-state index is -1.11. The van der Waals surface area contributed by atoms with Gasteiger partial charge in [0.15, 0.2) is 0 Å². The fourth-order valence-electron chi connectivity index (χ4n) is 3.00. The molecule has 1 aromatic carbocycles. The summed E-state index contributed by atoms with van der Waals surface area (Å²) in [5.41, 5.74) is 2.79. The van der Waals surface area contributed by atoms with E-state index in [1.54, 1.807) is 23.2 Å². The first-order chi connectivity index (χ1) is 14.0. The zero-order chi connectivity index (χ0) is 20.8. The predicted octanol–water partition coefficient (Wildman–Crippen LogP) is -0.815. The highest BCUT2D eigenvalue weighted by molar-refractivity contribution is 5.91. The molecule has 156 valence electrons. The van der Waals surface area contributed by atoms with Gasteiger partial charge in [0.1, 0.15) is 17.4 Å². The van der Waals surface area contributed by atoms with Crippen LogP contribution in [0.25, 0.3) is 11.0 Å². The molecule has 10 nitrogen and oxygen atoms in total. The van der Waals surface area contributed by atoms with Gasteiger partial charge in [-0.1, -0.05) is 0 Å². The molecule has 0 bridgehead atoms. The Bertz CT molecular complexity index is 937. The van der Waals surface area contributed by atoms with Crippen molar-refractivity contribution in [2.24, 2.45) is 0 Å². The van der Waals surface area contributed by atoms with E-state index in [1.807, 2.05) is 0 Å². The Hall–Kier alpha value is -2.95. The lowest BCUT2D eigenvalue weighted by atomic mass is 10.1. The lowest BCUT2D eigenvalue weighted by molar-refractivity contribution is -0.134. The van der Waals surface area contributed by atoms with Crippen LogP contribution < -0.4 is 21.1 Å². The Kier molecular flexibility index (Phi) is 6.81. The first-order valence-electron chi connectivity index (χ1n) is 9.14. The molecule has 10 heteroatoms. The molecule has 0 radical (unpaired) electrons. The largest absolute Gasteiger partial charge is 0.497 e. The maximum atomic E-state index is 12.5. The number of carbonyl (C=O) groups excluding carboxylic acids is 2. The maximum absolute atomic E-state index is 12.5. The van der Waals surface area contributed by atoms with E-state index in [0.717, 1.165) is 0 Å². The molecule has 0 spiro atoms. The molecule has 3 N–H and O–H groups in total. The molecule has 1 aliphatic rings. The maximum Gasteiger partial charge on any atom is 0.336 e. The Labute approximate surface area is 166 Å². The van der Waals surface area contributed by atoms with Crippen LogP contribution >= 0.6 is 0 Å². The molecule has 0 aliphatic carbocycles. The number of fused-ring (bicyclic) bond motifs is 1. The van der Waals surface area contributed by atoms with Crippen molar-refractivity contribution in [2.75, 3.05) is 40.0 Å². The monoisotopic (exact) mass is 405 g/mol. The topological polar surface area (TPSA) is 130 Å². The second-order valence-electron chi connectivity index (χ2n) is 6.51. The molecule has 1 saturated heterocycles. The average Bonchev–Trinajstić information content (AvgIpc) is 2.72. The Morgan fingerprint density at radius 2 is 2.03 bits per heavy atom. The van der Waals surface area contributed by atoms with Crippen molar-refractivity contribution in [3.05, 3.63) is 40.2 Å². The molecule has 1 atom stereocenters. The molecule has 2 heterocycles. The third-order valence-corrected chi connectivity index (χ3v) is 4.50. The van der Waals surface area contributed by atoms with Gasteiger partial charge in [-0.2, -0.15) is 0 Å². The van der Waals surface area contributed by atoms with Gasteiger partial charge in [-0.3, -0.25) is 15.0 Å². The van der Waals surface area contributed by atoms with Crippen LogP contribution in [0.3, 0.4) is 0 Å². The van der Waals surface area contributed by atoms with Gasteiger partial charge in [0, 0.05) is 30.6 Å². The Balaban J connectivity index is 1.68. The fourth-order valence-corrected chi connectivity index (χ4v) is 3.00. The summed E-state index contributed by atoms with van der Waals surface area (Å²) in [6, 6.07) is 5.06. The number of hydrogen-bond donors (Lipinski definition) is 3. The lowest BCUT2D eigenvalue weighted by Gasteiger charge is -2.28. The van der Waals surface area contributed by atoms with Gasteiger partial charge in [-0.25, -0.2) is 9.80 Å². The third kappa shape index (κ3) is 5.31. The van der Waals surface area contributed by atoms with E-state index in [0.29, 0.717) is 48.6 Å². The van der Waals surface area contributed by atoms with Crippen molar-refractivity contribution in [3.63, 3.8) is 0 Å². The average molecular weight is 405 g/mol. The normalized spacial score (nSPS) is 15.7. The standard InChI is InChI=1S/C19H23N3O7/c1-27-13-2-3-14-12(9-18(25)29-16(14)10-13)8-17(24)20-15(11-23)19(26)21-22-4-6-28-7-5-22/h2-3,9-10,15,23H,4-8,11H2,1H3,(H,20,24)(H,21,26). The number of carbonyl (C=O) groups is 2. The summed E-state index contributed by atoms with van der Waals surface area (Å²) in [6.07, 6.45) is -0.157. The number of hydrogen-bond acceptors (Lipinski definition) is 8. The SMILES string of the molecule is COc1ccc2c(CC(=O)NC(CO)C(=O)NN3CCOCC3)cc(=O)oc2c1. The number of ether oxygens (including phenoxy) is 2. The summed E-state index contributed by atoms with van der Waals surface area (Å²) in [4.78, 5) is 36.6. The zero-order valence-electron chi connectivity index (χ0n) is 16.0. The minimum absolute atomic E-state index is 0.157. The van der Waals surface area contributed by atoms with Gasteiger partial charge in [0.05, 0.1) is 33.4 Å². The molecule has 2 amide bonds. The molecular weight excluding hydrogens is 382 g/mol. The molecule has 2 aromatic rings. The number of amides is 2. The highest BCUT2D eigenvalue weighted by Gasteiger charge is 2.23. The molecule has 1 unspecified atom stereocenters. The number of benzene rings is 1. The summed E-state index contributed by atoms with van der Waals surface area (Å²) in [6.45, 7) is 1.46. The molecule has 1 aromatic heterocycles. The van der Waals surface area contributed by atoms with Crippen molar-refractivity contribution >= 4 is 22.8 Å². The quantitative estimate of drug-likeness (QED) is 0.510. The van der Waals surface area contributed by atoms with Gasteiger partial charge in [-0.15, -0.1) is 0 Å². The number of methoxy groups -OCH3 is 1. The van der Waals surface area contributed by atoms with Crippen LogP contribution in [0.15, 0.2) is 33.5 Å². The van der Waals surface area contributed by atoms with Crippen LogP contribution in [0.5, 0.6) is 5.75 Å². The lowest BCUT2D eigenvalue weighted by Crippen LogP contribution is -2.56. The van der Waals surface area contributed by atoms with Crippen molar-refractivity contribution in [1.29, 1.82) is 0 Å². The van der Waals surface area contributed by atoms with Gasteiger partial charge in [0.25, 0.3) is 5.91 Å². The van der Waals surface area contributed by atoms with Crippen molar-refractivity contribution in [1.82, 2.24) is 15.8 Å². The van der Waals surface area contributed by atoms with Crippen LogP contribution in [0.4, 0.5) is 0 Å². The van der Waals surface area contributed by atoms with E-state index in [1.165, 1.54) is 13.2 Å². The molecule has 0 saturated carbocycles. The summed E-state index contributed by atoms with van der Waals surface area (Å²) < 4.78 is 15.5. The highest BCUT2D eigenvalue weighted by Crippen LogP contribution is 2.22. The number of aliphatic hydroxyl groups excluding tert-OH is 1. The van der Waals surface area contributed by atoms with Crippen molar-refractivity contribution < 1.29 is 28.6 Å². The van der Waals surface area contributed by atoms with Crippen molar-refractivity contribution in [3.8, 4) is 5.75 Å². The first kappa shape index (κ1) is 20.8. The molecule has 1 aliphatic heterocycles. The summed E-state index contributed by atoms with van der Waals surface area (Å²) in [5.74, 6) is -0.517. The zero-order valence-corrected chi connectivity index (χ0v) is 16.0. The second-order valence-corrected chi connectivity index (χ2v) is 6.51. The molecule has 29 heavy (non-hydrogen) atoms. The number of nitrogens with one attached hydrogen (secondary N) is 2. The number of hydrazine groups is 1. The van der Waals surface area contributed by atoms with E-state index < -0.39 is 30.1 Å². The molecule has 3 rings (SSSR count). The summed E-state index contributed by atoms with van der Waals surface area (Å²) in [7, 11) is 1.49. The van der Waals surface area contributed by atoms with Gasteiger partial charge < -0.3 is 24.3 Å². The van der Waals surface area contributed by atoms with E-state index in [9.17, 15) is 19.5 Å². The van der Waals surface area contributed by atoms with E-state index >= 15 is 0 Å². The van der Waals surface area contributed by atoms with Gasteiger partial charge in [-0.05, 0) is 17.7 Å². The van der Waals surface area contributed by atoms with Gasteiger partial charge in [0.2, 0.25) is 5.91 Å². The first-order valence-corrected chi connectivity index (χ1v) is 9.14. The second kappa shape index (κ2) is 9.50. The van der Waals surface area contributed by atoms with E-state index in [2.05, 4.69) is 10.7 Å². The minimum Gasteiger partial charge on any atom is -0.497 e. The molecule has 1 fully saturated rings. The van der Waals surface area contributed by atoms with Crippen LogP contribution in [-0.2, 0) is 20.7 Å². The fraction of sp³-hybridized carbons (Fsp3) is 0.421. The van der Waals surface area contributed by atoms with E-state index in [-0.39, 0.29) is 6.42 Å². The van der Waals surface area contributed by atoms with Crippen LogP contribution in [-0.4, -0.2) is 68.0 Å². The van der Waals surface area contributed by atoms with Crippen LogP contribution in [0.1, 0.15) is 5.56 Å². The van der Waals surface area contributed by atoms with Crippen molar-refractivity contribution in [2.45, 2.75) is 12.5 Å². The van der Waals surface area contributed by atoms with Crippen LogP contribution in [0.2, 0.25) is 0 Å². The Morgan fingerprint density at radius 1 is 1.28 bits per heavy atom. The summed E-state index contributed by atoms with van der Waals surface area (Å²) >= 11 is 0. The van der Waals surface area contributed by atoms with Gasteiger partial charge >= 0.3 is 5.63 Å². The smallest absolute Gasteiger partial charge is 0.336 e. The number of aliphatic hydroxyl groups is 1. The number of nitrogens with zero attached hydrogens (tertiary/aromatic N) is 1. The highest BCUT2D eigenvalue weighted by atomic mass is 16.5. The summed E-state index contributed by atoms with van der Waals surface area (Å²) in [5, 5.41) is 14.3. The molecular formula is C19H23N3O7. The Morgan fingerprint density at radius 3 is 2.72 bits per heavy atom. The number of morpholine rings is 1. The van der Waals surface area contributed by atoms with E-state index in [4.69, 9.17) is 13.9 Å².